The van der Waals surface area contributed by atoms with Gasteiger partial charge in [-0.25, -0.2) is 9.97 Å². The van der Waals surface area contributed by atoms with Gasteiger partial charge in [-0.3, -0.25) is 0 Å². The molecule has 0 aliphatic heterocycles. The lowest BCUT2D eigenvalue weighted by Gasteiger charge is -2.06. The highest BCUT2D eigenvalue weighted by atomic mass is 35.5. The third kappa shape index (κ3) is 2.35. The number of halogens is 4. The van der Waals surface area contributed by atoms with Gasteiger partial charge in [-0.15, -0.1) is 0 Å². The molecule has 0 saturated carbocycles. The van der Waals surface area contributed by atoms with E-state index in [2.05, 4.69) is 22.2 Å². The van der Waals surface area contributed by atoms with Crippen LogP contribution in [0, 0.1) is 0 Å². The van der Waals surface area contributed by atoms with Gasteiger partial charge >= 0.3 is 6.18 Å². The number of nitrogens with zero attached hydrogens (tertiary/aromatic N) is 2. The highest BCUT2D eigenvalue weighted by Crippen LogP contribution is 2.32. The predicted molar refractivity (Wildman–Crippen MR) is 44.8 cm³/mol. The van der Waals surface area contributed by atoms with Crippen LogP contribution < -0.4 is 0 Å². The van der Waals surface area contributed by atoms with E-state index in [-0.39, 0.29) is 5.82 Å². The summed E-state index contributed by atoms with van der Waals surface area (Å²) in [4.78, 5) is 6.68. The van der Waals surface area contributed by atoms with E-state index < -0.39 is 16.9 Å². The zero-order chi connectivity index (χ0) is 10.1. The summed E-state index contributed by atoms with van der Waals surface area (Å²) in [6.07, 6.45) is -3.93. The summed E-state index contributed by atoms with van der Waals surface area (Å²) in [5.74, 6) is -0.00648. The Labute approximate surface area is 81.8 Å². The molecule has 0 amide bonds. The molecule has 13 heavy (non-hydrogen) atoms. The number of rotatable bonds is 1. The van der Waals surface area contributed by atoms with Crippen molar-refractivity contribution in [2.45, 2.75) is 6.18 Å². The molecule has 1 aromatic heterocycles. The number of hydrogen-bond donors (Lipinski definition) is 0. The molecule has 0 aliphatic carbocycles. The van der Waals surface area contributed by atoms with Crippen molar-refractivity contribution in [1.82, 2.24) is 9.97 Å². The number of aromatic nitrogens is 2. The summed E-state index contributed by atoms with van der Waals surface area (Å²) >= 11 is 9.68. The minimum atomic E-state index is -4.53. The third-order valence-corrected chi connectivity index (χ3v) is 1.67. The highest BCUT2D eigenvalue weighted by Gasteiger charge is 2.34. The van der Waals surface area contributed by atoms with E-state index in [1.807, 2.05) is 0 Å². The molecule has 0 unspecified atom stereocenters. The van der Waals surface area contributed by atoms with Crippen LogP contribution in [0.1, 0.15) is 11.4 Å². The largest absolute Gasteiger partial charge is 0.420 e. The molecule has 1 rings (SSSR count). The van der Waals surface area contributed by atoms with E-state index in [9.17, 15) is 13.2 Å². The average Bonchev–Trinajstić information content (AvgIpc) is 2.01. The topological polar surface area (TPSA) is 25.8 Å². The Morgan fingerprint density at radius 1 is 1.46 bits per heavy atom. The molecule has 0 spiro atoms. The van der Waals surface area contributed by atoms with E-state index >= 15 is 0 Å². The van der Waals surface area contributed by atoms with E-state index in [1.54, 1.807) is 0 Å². The molecule has 0 fully saturated rings. The van der Waals surface area contributed by atoms with Crippen molar-refractivity contribution in [3.63, 3.8) is 0 Å². The number of alkyl halides is 3. The molecule has 0 saturated heterocycles. The van der Waals surface area contributed by atoms with Crippen molar-refractivity contribution in [1.29, 1.82) is 0 Å². The fraction of sp³-hybridized carbons (Fsp3) is 0.167. The lowest BCUT2D eigenvalue weighted by Crippen LogP contribution is -2.09. The average molecular weight is 227 g/mol. The first-order chi connectivity index (χ1) is 5.95. The maximum Gasteiger partial charge on any atom is 0.420 e. The van der Waals surface area contributed by atoms with Crippen molar-refractivity contribution in [2.75, 3.05) is 0 Å². The molecule has 0 aliphatic rings. The Kier molecular flexibility index (Phi) is 2.82. The second kappa shape index (κ2) is 3.55. The van der Waals surface area contributed by atoms with Gasteiger partial charge in [0, 0.05) is 11.6 Å². The summed E-state index contributed by atoms with van der Waals surface area (Å²) < 4.78 is 36.3. The van der Waals surface area contributed by atoms with Crippen LogP contribution in [-0.2, 0) is 6.18 Å². The van der Waals surface area contributed by atoms with Gasteiger partial charge < -0.3 is 0 Å². The van der Waals surface area contributed by atoms with Gasteiger partial charge in [-0.2, -0.15) is 13.2 Å². The van der Waals surface area contributed by atoms with Crippen LogP contribution in [-0.4, -0.2) is 15.3 Å². The molecule has 7 heteroatoms. The van der Waals surface area contributed by atoms with Crippen molar-refractivity contribution in [3.8, 4) is 0 Å². The third-order valence-electron chi connectivity index (χ3n) is 1.17. The summed E-state index contributed by atoms with van der Waals surface area (Å²) in [6.45, 7) is 0. The van der Waals surface area contributed by atoms with Gasteiger partial charge in [0.1, 0.15) is 10.7 Å². The quantitative estimate of drug-likeness (QED) is 0.544. The molecule has 0 aromatic carbocycles. The summed E-state index contributed by atoms with van der Waals surface area (Å²) in [6, 6.07) is 0. The Bertz CT molecular complexity index is 339. The molecular weight excluding hydrogens is 225 g/mol. The number of thiocarbonyl (C=S) groups is 1. The second-order valence-corrected chi connectivity index (χ2v) is 2.64. The van der Waals surface area contributed by atoms with Gasteiger partial charge in [0.05, 0.1) is 0 Å². The number of hydrogen-bond acceptors (Lipinski definition) is 3. The van der Waals surface area contributed by atoms with Crippen LogP contribution in [0.15, 0.2) is 6.20 Å². The molecule has 2 nitrogen and oxygen atoms in total. The maximum absolute atomic E-state index is 12.1. The zero-order valence-electron chi connectivity index (χ0n) is 5.97. The predicted octanol–water partition coefficient (Wildman–Crippen LogP) is 2.50. The lowest BCUT2D eigenvalue weighted by molar-refractivity contribution is -0.138. The Hall–Kier alpha value is -0.750. The van der Waals surface area contributed by atoms with Crippen LogP contribution in [0.4, 0.5) is 13.2 Å². The normalized spacial score (nSPS) is 11.4. The molecule has 1 heterocycles. The van der Waals surface area contributed by atoms with E-state index in [4.69, 9.17) is 11.6 Å². The Balaban J connectivity index is 3.20. The molecule has 1 aromatic rings. The zero-order valence-corrected chi connectivity index (χ0v) is 7.54. The molecular formula is C6H2ClF3N2S. The van der Waals surface area contributed by atoms with Crippen molar-refractivity contribution in [2.24, 2.45) is 0 Å². The van der Waals surface area contributed by atoms with E-state index in [0.717, 1.165) is 5.37 Å². The highest BCUT2D eigenvalue weighted by molar-refractivity contribution is 7.79. The van der Waals surface area contributed by atoms with Crippen molar-refractivity contribution < 1.29 is 13.2 Å². The Morgan fingerprint density at radius 2 is 2.08 bits per heavy atom. The SMILES string of the molecule is FC(F)(F)c1cnc(C=S)nc1Cl. The van der Waals surface area contributed by atoms with E-state index in [0.29, 0.717) is 6.20 Å². The van der Waals surface area contributed by atoms with Gasteiger partial charge in [0.25, 0.3) is 0 Å². The van der Waals surface area contributed by atoms with Gasteiger partial charge in [0.15, 0.2) is 5.82 Å². The maximum atomic E-state index is 12.1. The summed E-state index contributed by atoms with van der Waals surface area (Å²) in [5, 5.41) is 0.407. The first-order valence-electron chi connectivity index (χ1n) is 3.00. The summed E-state index contributed by atoms with van der Waals surface area (Å²) in [5.41, 5.74) is -1.06. The van der Waals surface area contributed by atoms with Crippen LogP contribution in [0.3, 0.4) is 0 Å². The molecule has 70 valence electrons. The first-order valence-corrected chi connectivity index (χ1v) is 3.85. The summed E-state index contributed by atoms with van der Waals surface area (Å²) in [7, 11) is 0. The van der Waals surface area contributed by atoms with Crippen molar-refractivity contribution in [3.05, 3.63) is 22.7 Å². The van der Waals surface area contributed by atoms with Gasteiger partial charge in [-0.05, 0) is 0 Å². The minimum Gasteiger partial charge on any atom is -0.236 e. The van der Waals surface area contributed by atoms with Gasteiger partial charge in [0.2, 0.25) is 0 Å². The molecule has 0 N–H and O–H groups in total. The van der Waals surface area contributed by atoms with Gasteiger partial charge in [-0.1, -0.05) is 23.8 Å². The van der Waals surface area contributed by atoms with Crippen LogP contribution >= 0.6 is 23.8 Å². The molecule has 0 atom stereocenters. The minimum absolute atomic E-state index is 0.00648. The fourth-order valence-corrected chi connectivity index (χ4v) is 0.977. The molecule has 0 bridgehead atoms. The van der Waals surface area contributed by atoms with Crippen molar-refractivity contribution >= 4 is 29.2 Å². The monoisotopic (exact) mass is 226 g/mol. The second-order valence-electron chi connectivity index (χ2n) is 2.05. The Morgan fingerprint density at radius 3 is 2.46 bits per heavy atom. The van der Waals surface area contributed by atoms with Crippen LogP contribution in [0.2, 0.25) is 5.15 Å². The first kappa shape index (κ1) is 10.3. The van der Waals surface area contributed by atoms with Crippen LogP contribution in [0.5, 0.6) is 0 Å². The van der Waals surface area contributed by atoms with Crippen LogP contribution in [0.25, 0.3) is 0 Å². The molecule has 0 radical (unpaired) electrons. The standard InChI is InChI=1S/C6H2ClF3N2S/c7-5-3(6(8,9)10)1-11-4(2-13)12-5/h1-2H. The smallest absolute Gasteiger partial charge is 0.236 e. The van der Waals surface area contributed by atoms with E-state index in [1.165, 1.54) is 0 Å². The lowest BCUT2D eigenvalue weighted by atomic mass is 10.3. The fourth-order valence-electron chi connectivity index (χ4n) is 0.621.